The maximum absolute atomic E-state index is 13.7. The minimum absolute atomic E-state index is 0.0643. The van der Waals surface area contributed by atoms with Crippen LogP contribution in [0.5, 0.6) is 0 Å². The van der Waals surface area contributed by atoms with E-state index in [1.165, 1.54) is 6.07 Å². The van der Waals surface area contributed by atoms with E-state index in [2.05, 4.69) is 46.6 Å². The lowest BCUT2D eigenvalue weighted by molar-refractivity contribution is -0.119. The first-order valence-corrected chi connectivity index (χ1v) is 14.2. The Hall–Kier alpha value is -4.16. The molecule has 0 spiro atoms. The van der Waals surface area contributed by atoms with Crippen molar-refractivity contribution in [2.24, 2.45) is 13.0 Å². The van der Waals surface area contributed by atoms with E-state index < -0.39 is 0 Å². The van der Waals surface area contributed by atoms with E-state index in [9.17, 15) is 9.59 Å². The van der Waals surface area contributed by atoms with Gasteiger partial charge in [-0.15, -0.1) is 5.10 Å². The van der Waals surface area contributed by atoms with Gasteiger partial charge in [0.1, 0.15) is 4.60 Å². The lowest BCUT2D eigenvalue weighted by Crippen LogP contribution is -2.27. The Kier molecular flexibility index (Phi) is 7.26. The number of pyridine rings is 1. The number of nitrogens with zero attached hydrogens (tertiary/aromatic N) is 8. The molecule has 1 aromatic carbocycles. The molecule has 0 saturated heterocycles. The predicted molar refractivity (Wildman–Crippen MR) is 158 cm³/mol. The summed E-state index contributed by atoms with van der Waals surface area (Å²) >= 11 is 9.65. The summed E-state index contributed by atoms with van der Waals surface area (Å²) in [4.78, 5) is 35.9. The van der Waals surface area contributed by atoms with E-state index in [0.717, 1.165) is 17.0 Å². The van der Waals surface area contributed by atoms with Gasteiger partial charge in [0, 0.05) is 41.4 Å². The second kappa shape index (κ2) is 11.0. The van der Waals surface area contributed by atoms with Crippen molar-refractivity contribution in [1.29, 1.82) is 0 Å². The van der Waals surface area contributed by atoms with Crippen LogP contribution in [0.25, 0.3) is 28.2 Å². The van der Waals surface area contributed by atoms with Gasteiger partial charge in [0.15, 0.2) is 0 Å². The van der Waals surface area contributed by atoms with Crippen LogP contribution in [-0.2, 0) is 11.8 Å². The molecule has 208 valence electrons. The molecule has 0 fully saturated rings. The molecular formula is C28H25BrClN9O2. The summed E-state index contributed by atoms with van der Waals surface area (Å²) in [7, 11) is 1.83. The summed E-state index contributed by atoms with van der Waals surface area (Å²) in [6.45, 7) is 1.91. The molecule has 1 amide bonds. The molecule has 0 radical (unpaired) electrons. The van der Waals surface area contributed by atoms with Crippen LogP contribution in [0.2, 0.25) is 5.02 Å². The fourth-order valence-corrected chi connectivity index (χ4v) is 5.59. The minimum Gasteiger partial charge on any atom is -0.323 e. The van der Waals surface area contributed by atoms with Crippen molar-refractivity contribution in [2.45, 2.75) is 32.2 Å². The number of aryl methyl sites for hydroxylation is 1. The molecule has 1 aliphatic heterocycles. The van der Waals surface area contributed by atoms with Gasteiger partial charge in [-0.1, -0.05) is 30.2 Å². The number of hydrogen-bond donors (Lipinski definition) is 1. The topological polar surface area (TPSA) is 125 Å². The van der Waals surface area contributed by atoms with Gasteiger partial charge in [-0.05, 0) is 59.1 Å². The van der Waals surface area contributed by atoms with Crippen molar-refractivity contribution in [1.82, 2.24) is 39.3 Å². The Bertz CT molecular complexity index is 1830. The largest absolute Gasteiger partial charge is 0.323 e. The molecule has 5 heterocycles. The summed E-state index contributed by atoms with van der Waals surface area (Å²) in [6.07, 6.45) is 8.59. The Morgan fingerprint density at radius 3 is 2.73 bits per heavy atom. The molecule has 2 atom stereocenters. The zero-order valence-electron chi connectivity index (χ0n) is 22.2. The van der Waals surface area contributed by atoms with Crippen molar-refractivity contribution < 1.29 is 4.79 Å². The van der Waals surface area contributed by atoms with Crippen molar-refractivity contribution in [3.63, 3.8) is 0 Å². The Morgan fingerprint density at radius 1 is 1.10 bits per heavy atom. The third kappa shape index (κ3) is 5.32. The van der Waals surface area contributed by atoms with Crippen LogP contribution in [0, 0.1) is 5.92 Å². The van der Waals surface area contributed by atoms with E-state index in [1.54, 1.807) is 57.0 Å². The van der Waals surface area contributed by atoms with Crippen molar-refractivity contribution in [3.05, 3.63) is 87.0 Å². The quantitative estimate of drug-likeness (QED) is 0.294. The number of aromatic nitrogens is 8. The van der Waals surface area contributed by atoms with Gasteiger partial charge in [-0.2, -0.15) is 5.10 Å². The second-order valence-electron chi connectivity index (χ2n) is 10.0. The fourth-order valence-electron chi connectivity index (χ4n) is 5.15. The predicted octanol–water partition coefficient (Wildman–Crippen LogP) is 5.05. The smallest absolute Gasteiger partial charge is 0.254 e. The zero-order chi connectivity index (χ0) is 28.7. The number of hydrogen-bond acceptors (Lipinski definition) is 7. The number of carbonyl (C=O) groups is 1. The molecule has 4 aromatic heterocycles. The molecule has 2 unspecified atom stereocenters. The van der Waals surface area contributed by atoms with Gasteiger partial charge in [-0.3, -0.25) is 23.8 Å². The monoisotopic (exact) mass is 633 g/mol. The second-order valence-corrected chi connectivity index (χ2v) is 11.3. The van der Waals surface area contributed by atoms with Gasteiger partial charge in [-0.25, -0.2) is 9.67 Å². The zero-order valence-corrected chi connectivity index (χ0v) is 24.5. The van der Waals surface area contributed by atoms with E-state index in [1.807, 2.05) is 26.1 Å². The molecule has 11 nitrogen and oxygen atoms in total. The van der Waals surface area contributed by atoms with Crippen LogP contribution >= 0.6 is 27.5 Å². The van der Waals surface area contributed by atoms with Crippen LogP contribution in [0.4, 0.5) is 5.69 Å². The summed E-state index contributed by atoms with van der Waals surface area (Å²) in [5, 5.41) is 16.0. The van der Waals surface area contributed by atoms with Gasteiger partial charge in [0.25, 0.3) is 5.56 Å². The van der Waals surface area contributed by atoms with Crippen molar-refractivity contribution in [2.75, 3.05) is 5.32 Å². The minimum atomic E-state index is -0.388. The van der Waals surface area contributed by atoms with Crippen LogP contribution in [-0.4, -0.2) is 45.2 Å². The Balaban J connectivity index is 1.44. The molecule has 1 N–H and O–H groups in total. The highest BCUT2D eigenvalue weighted by Crippen LogP contribution is 2.33. The number of nitrogens with one attached hydrogen (secondary N) is 1. The number of rotatable bonds is 3. The van der Waals surface area contributed by atoms with Crippen LogP contribution < -0.4 is 10.9 Å². The molecular weight excluding hydrogens is 610 g/mol. The molecule has 1 aliphatic rings. The molecule has 41 heavy (non-hydrogen) atoms. The molecule has 2 bridgehead atoms. The lowest BCUT2D eigenvalue weighted by atomic mass is 9.97. The standard InChI is InChI=1S/C28H25BrClN9O2/c1-16-4-3-5-24(21-10-17(8-9-31-21)27-22(34-28(16)41)13-33-37(27)2)38-15-32-20(12-26(38)40)19-11-18(30)6-7-23(19)39-14-25(29)35-36-39/h6-16,24H,3-5H2,1-2H3,(H,34,41). The van der Waals surface area contributed by atoms with Crippen molar-refractivity contribution >= 4 is 39.1 Å². The number of amides is 1. The Labute approximate surface area is 248 Å². The highest BCUT2D eigenvalue weighted by molar-refractivity contribution is 9.10. The van der Waals surface area contributed by atoms with Crippen LogP contribution in [0.15, 0.2) is 70.7 Å². The van der Waals surface area contributed by atoms with E-state index >= 15 is 0 Å². The van der Waals surface area contributed by atoms with E-state index in [-0.39, 0.29) is 23.4 Å². The summed E-state index contributed by atoms with van der Waals surface area (Å²) in [6, 6.07) is 10.2. The maximum atomic E-state index is 13.7. The first kappa shape index (κ1) is 27.0. The fraction of sp³-hybridized carbons (Fsp3) is 0.250. The number of halogens is 2. The molecule has 0 aliphatic carbocycles. The molecule has 13 heteroatoms. The van der Waals surface area contributed by atoms with Crippen molar-refractivity contribution in [3.8, 4) is 28.2 Å². The molecule has 0 saturated carbocycles. The van der Waals surface area contributed by atoms with E-state index in [0.29, 0.717) is 51.5 Å². The summed E-state index contributed by atoms with van der Waals surface area (Å²) < 4.78 is 5.49. The van der Waals surface area contributed by atoms with Gasteiger partial charge in [0.2, 0.25) is 5.91 Å². The number of carbonyl (C=O) groups excluding carboxylic acids is 1. The first-order valence-electron chi connectivity index (χ1n) is 13.0. The SMILES string of the molecule is CC1CCCC(n2cnc(-c3cc(Cl)ccc3-n3cc(Br)nn3)cc2=O)c2cc(ccn2)-c2c(cnn2C)NC1=O. The number of fused-ring (bicyclic) bond motifs is 4. The molecule has 5 aromatic rings. The van der Waals surface area contributed by atoms with Gasteiger partial charge < -0.3 is 5.32 Å². The third-order valence-corrected chi connectivity index (χ3v) is 7.87. The van der Waals surface area contributed by atoms with Gasteiger partial charge >= 0.3 is 0 Å². The highest BCUT2D eigenvalue weighted by atomic mass is 79.9. The molecule has 6 rings (SSSR count). The van der Waals surface area contributed by atoms with Crippen LogP contribution in [0.1, 0.15) is 37.9 Å². The van der Waals surface area contributed by atoms with Crippen LogP contribution in [0.3, 0.4) is 0 Å². The average molecular weight is 635 g/mol. The normalized spacial score (nSPS) is 17.3. The Morgan fingerprint density at radius 2 is 1.95 bits per heavy atom. The highest BCUT2D eigenvalue weighted by Gasteiger charge is 2.24. The third-order valence-electron chi connectivity index (χ3n) is 7.27. The number of benzene rings is 1. The lowest BCUT2D eigenvalue weighted by Gasteiger charge is -2.22. The van der Waals surface area contributed by atoms with E-state index in [4.69, 9.17) is 11.6 Å². The summed E-state index contributed by atoms with van der Waals surface area (Å²) in [5.74, 6) is -0.282. The summed E-state index contributed by atoms with van der Waals surface area (Å²) in [5.41, 5.74) is 4.50. The average Bonchev–Trinajstić information content (AvgIpc) is 3.55. The maximum Gasteiger partial charge on any atom is 0.254 e. The first-order chi connectivity index (χ1) is 19.8. The van der Waals surface area contributed by atoms with Gasteiger partial charge in [0.05, 0.1) is 53.2 Å². The number of anilines is 1.